The fraction of sp³-hybridized carbons (Fsp3) is 0.444. The first-order chi connectivity index (χ1) is 11.3. The van der Waals surface area contributed by atoms with Crippen LogP contribution >= 0.6 is 0 Å². The highest BCUT2D eigenvalue weighted by molar-refractivity contribution is 5.92. The topological polar surface area (TPSA) is 58.4 Å². The predicted octanol–water partition coefficient (Wildman–Crippen LogP) is 2.56. The third kappa shape index (κ3) is 2.77. The lowest BCUT2D eigenvalue weighted by molar-refractivity contribution is 0.0877. The van der Waals surface area contributed by atoms with Crippen molar-refractivity contribution in [2.75, 3.05) is 13.1 Å². The van der Waals surface area contributed by atoms with E-state index in [1.54, 1.807) is 6.07 Å². The van der Waals surface area contributed by atoms with Gasteiger partial charge in [-0.25, -0.2) is 0 Å². The second-order valence-corrected chi connectivity index (χ2v) is 6.38. The summed E-state index contributed by atoms with van der Waals surface area (Å²) < 4.78 is 4.80. The number of aryl methyl sites for hydroxylation is 1. The van der Waals surface area contributed by atoms with Gasteiger partial charge in [0.1, 0.15) is 6.26 Å². The van der Waals surface area contributed by atoms with Crippen molar-refractivity contribution in [3.05, 3.63) is 53.4 Å². The number of amides is 1. The molecule has 0 bridgehead atoms. The van der Waals surface area contributed by atoms with Gasteiger partial charge >= 0.3 is 0 Å². The number of hydrogen-bond acceptors (Lipinski definition) is 4. The van der Waals surface area contributed by atoms with Crippen LogP contribution in [0.15, 0.2) is 41.1 Å². The number of carbonyl (C=O) groups excluding carboxylic acids is 1. The Balaban J connectivity index is 1.64. The van der Waals surface area contributed by atoms with Gasteiger partial charge in [0.15, 0.2) is 5.69 Å². The molecule has 1 N–H and O–H groups in total. The molecule has 2 atom stereocenters. The van der Waals surface area contributed by atoms with E-state index in [0.717, 1.165) is 25.9 Å². The highest BCUT2D eigenvalue weighted by atomic mass is 16.5. The molecule has 5 heteroatoms. The lowest BCUT2D eigenvalue weighted by atomic mass is 9.83. The van der Waals surface area contributed by atoms with Crippen LogP contribution in [0.4, 0.5) is 0 Å². The van der Waals surface area contributed by atoms with Gasteiger partial charge in [0, 0.05) is 12.1 Å². The number of carbonyl (C=O) groups is 1. The Morgan fingerprint density at radius 2 is 2.04 bits per heavy atom. The number of nitrogens with one attached hydrogen (secondary N) is 1. The number of fused-ring (bicyclic) bond motifs is 1. The zero-order valence-corrected chi connectivity index (χ0v) is 13.1. The Labute approximate surface area is 135 Å². The van der Waals surface area contributed by atoms with E-state index >= 15 is 0 Å². The molecule has 1 aliphatic carbocycles. The molecule has 4 rings (SSSR count). The van der Waals surface area contributed by atoms with Crippen molar-refractivity contribution in [3.63, 3.8) is 0 Å². The molecule has 0 unspecified atom stereocenters. The Hall–Kier alpha value is -2.14. The molecule has 0 spiro atoms. The van der Waals surface area contributed by atoms with E-state index < -0.39 is 0 Å². The molecule has 1 aliphatic heterocycles. The van der Waals surface area contributed by atoms with Gasteiger partial charge < -0.3 is 9.84 Å². The molecular weight excluding hydrogens is 290 g/mol. The molecular formula is C18H21N3O2. The Kier molecular flexibility index (Phi) is 3.87. The van der Waals surface area contributed by atoms with Crippen LogP contribution in [0.25, 0.3) is 0 Å². The van der Waals surface area contributed by atoms with Crippen LogP contribution in [0.2, 0.25) is 0 Å². The van der Waals surface area contributed by atoms with E-state index in [0.29, 0.717) is 11.7 Å². The molecule has 2 aliphatic rings. The van der Waals surface area contributed by atoms with Gasteiger partial charge in [-0.1, -0.05) is 29.4 Å². The van der Waals surface area contributed by atoms with Crippen molar-refractivity contribution in [2.24, 2.45) is 0 Å². The predicted molar refractivity (Wildman–Crippen MR) is 86.1 cm³/mol. The van der Waals surface area contributed by atoms with Crippen LogP contribution in [-0.2, 0) is 6.42 Å². The van der Waals surface area contributed by atoms with Crippen molar-refractivity contribution in [1.29, 1.82) is 0 Å². The average Bonchev–Trinajstić information content (AvgIpc) is 3.29. The summed E-state index contributed by atoms with van der Waals surface area (Å²) in [6.07, 6.45) is 6.10. The summed E-state index contributed by atoms with van der Waals surface area (Å²) >= 11 is 0. The fourth-order valence-electron chi connectivity index (χ4n) is 3.93. The average molecular weight is 311 g/mol. The molecule has 120 valence electrons. The van der Waals surface area contributed by atoms with Gasteiger partial charge in [-0.05, 0) is 49.9 Å². The minimum absolute atomic E-state index is 0.0160. The highest BCUT2D eigenvalue weighted by Gasteiger charge is 2.35. The zero-order valence-electron chi connectivity index (χ0n) is 13.1. The maximum atomic E-state index is 12.5. The van der Waals surface area contributed by atoms with E-state index in [1.165, 1.54) is 30.2 Å². The fourth-order valence-corrected chi connectivity index (χ4v) is 3.93. The molecule has 0 radical (unpaired) electrons. The zero-order chi connectivity index (χ0) is 15.6. The van der Waals surface area contributed by atoms with E-state index in [4.69, 9.17) is 4.52 Å². The van der Waals surface area contributed by atoms with Crippen LogP contribution in [0.1, 0.15) is 46.9 Å². The minimum Gasteiger partial charge on any atom is -0.364 e. The largest absolute Gasteiger partial charge is 0.364 e. The van der Waals surface area contributed by atoms with E-state index in [-0.39, 0.29) is 11.9 Å². The van der Waals surface area contributed by atoms with Crippen molar-refractivity contribution < 1.29 is 9.32 Å². The normalized spacial score (nSPS) is 24.3. The van der Waals surface area contributed by atoms with E-state index in [2.05, 4.69) is 39.6 Å². The second-order valence-electron chi connectivity index (χ2n) is 6.38. The summed E-state index contributed by atoms with van der Waals surface area (Å²) in [5.41, 5.74) is 2.93. The summed E-state index contributed by atoms with van der Waals surface area (Å²) in [6.45, 7) is 2.26. The molecule has 0 saturated carbocycles. The number of rotatable bonds is 3. The van der Waals surface area contributed by atoms with Crippen LogP contribution in [0.3, 0.4) is 0 Å². The lowest BCUT2D eigenvalue weighted by Crippen LogP contribution is -2.47. The van der Waals surface area contributed by atoms with Crippen molar-refractivity contribution in [2.45, 2.75) is 37.8 Å². The molecule has 5 nitrogen and oxygen atoms in total. The van der Waals surface area contributed by atoms with Crippen LogP contribution in [0.5, 0.6) is 0 Å². The Morgan fingerprint density at radius 1 is 1.22 bits per heavy atom. The van der Waals surface area contributed by atoms with Crippen LogP contribution in [-0.4, -0.2) is 35.1 Å². The Bertz CT molecular complexity index is 677. The maximum absolute atomic E-state index is 12.5. The smallest absolute Gasteiger partial charge is 0.273 e. The second kappa shape index (κ2) is 6.16. The van der Waals surface area contributed by atoms with Gasteiger partial charge in [0.2, 0.25) is 0 Å². The number of hydrogen-bond donors (Lipinski definition) is 1. The molecule has 1 aromatic heterocycles. The van der Waals surface area contributed by atoms with Gasteiger partial charge in [-0.3, -0.25) is 9.69 Å². The molecule has 1 aromatic carbocycles. The summed E-state index contributed by atoms with van der Waals surface area (Å²) in [7, 11) is 0. The van der Waals surface area contributed by atoms with Crippen molar-refractivity contribution >= 4 is 5.91 Å². The van der Waals surface area contributed by atoms with Crippen LogP contribution in [0, 0.1) is 0 Å². The third-order valence-electron chi connectivity index (χ3n) is 5.05. The molecule has 1 saturated heterocycles. The van der Waals surface area contributed by atoms with Gasteiger partial charge in [-0.15, -0.1) is 0 Å². The molecule has 2 heterocycles. The molecule has 2 aromatic rings. The quantitative estimate of drug-likeness (QED) is 0.946. The first kappa shape index (κ1) is 14.5. The van der Waals surface area contributed by atoms with Gasteiger partial charge in [0.05, 0.1) is 6.04 Å². The summed E-state index contributed by atoms with van der Waals surface area (Å²) in [5, 5.41) is 6.96. The van der Waals surface area contributed by atoms with Gasteiger partial charge in [0.25, 0.3) is 5.91 Å². The minimum atomic E-state index is -0.162. The van der Waals surface area contributed by atoms with Crippen molar-refractivity contribution in [1.82, 2.24) is 15.4 Å². The standard InChI is InChI=1S/C18H21N3O2/c22-18(15-9-12-23-20-15)19-17-14-6-2-1-5-13(14)7-8-16(17)21-10-3-4-11-21/h1-2,5-6,9,12,16-17H,3-4,7-8,10-11H2,(H,19,22)/t16-,17+/m1/s1. The number of benzene rings is 1. The monoisotopic (exact) mass is 311 g/mol. The number of likely N-dealkylation sites (tertiary alicyclic amines) is 1. The van der Waals surface area contributed by atoms with E-state index in [9.17, 15) is 4.79 Å². The highest BCUT2D eigenvalue weighted by Crippen LogP contribution is 2.34. The SMILES string of the molecule is O=C(N[C@H]1c2ccccc2CC[C@H]1N1CCCC1)c1ccon1. The molecule has 1 fully saturated rings. The number of aromatic nitrogens is 1. The first-order valence-electron chi connectivity index (χ1n) is 8.36. The number of nitrogens with zero attached hydrogens (tertiary/aromatic N) is 2. The van der Waals surface area contributed by atoms with Crippen LogP contribution < -0.4 is 5.32 Å². The van der Waals surface area contributed by atoms with Gasteiger partial charge in [-0.2, -0.15) is 0 Å². The lowest BCUT2D eigenvalue weighted by Gasteiger charge is -2.39. The third-order valence-corrected chi connectivity index (χ3v) is 5.05. The molecule has 23 heavy (non-hydrogen) atoms. The van der Waals surface area contributed by atoms with Crippen molar-refractivity contribution in [3.8, 4) is 0 Å². The summed E-state index contributed by atoms with van der Waals surface area (Å²) in [6, 6.07) is 10.4. The first-order valence-corrected chi connectivity index (χ1v) is 8.36. The van der Waals surface area contributed by atoms with E-state index in [1.807, 2.05) is 0 Å². The maximum Gasteiger partial charge on any atom is 0.273 e. The Morgan fingerprint density at radius 3 is 2.83 bits per heavy atom. The summed E-state index contributed by atoms with van der Waals surface area (Å²) in [5.74, 6) is -0.162. The summed E-state index contributed by atoms with van der Waals surface area (Å²) in [4.78, 5) is 15.0. The molecule has 1 amide bonds.